The van der Waals surface area contributed by atoms with Gasteiger partial charge >= 0.3 is 6.18 Å². The minimum absolute atomic E-state index is 0.212. The quantitative estimate of drug-likeness (QED) is 0.625. The summed E-state index contributed by atoms with van der Waals surface area (Å²) in [7, 11) is 0. The highest BCUT2D eigenvalue weighted by atomic mass is 19.4. The first-order valence-corrected chi connectivity index (χ1v) is 9.60. The fourth-order valence-electron chi connectivity index (χ4n) is 3.76. The lowest BCUT2D eigenvalue weighted by molar-refractivity contribution is -0.137. The summed E-state index contributed by atoms with van der Waals surface area (Å²) < 4.78 is 39.1. The van der Waals surface area contributed by atoms with E-state index in [9.17, 15) is 13.2 Å². The van der Waals surface area contributed by atoms with Crippen LogP contribution in [-0.2, 0) is 12.7 Å². The fraction of sp³-hybridized carbons (Fsp3) is 0.318. The molecule has 150 valence electrons. The number of rotatable bonds is 4. The van der Waals surface area contributed by atoms with E-state index in [2.05, 4.69) is 19.9 Å². The molecule has 0 bridgehead atoms. The third-order valence-corrected chi connectivity index (χ3v) is 5.22. The molecule has 2 aromatic heterocycles. The van der Waals surface area contributed by atoms with Gasteiger partial charge in [0.1, 0.15) is 0 Å². The molecule has 0 aliphatic carbocycles. The highest BCUT2D eigenvalue weighted by molar-refractivity contribution is 5.59. The predicted molar refractivity (Wildman–Crippen MR) is 104 cm³/mol. The standard InChI is InChI=1S/C22H21F3N4/c23-22(24,25)19-5-1-3-17(11-19)20-12-27-13-21(28-20)18-4-2-10-29(15-18)14-16-6-8-26-9-7-16/h1,3,5-9,11-13,18H,2,4,10,14-15H2. The van der Waals surface area contributed by atoms with Crippen LogP contribution in [0.1, 0.15) is 35.6 Å². The van der Waals surface area contributed by atoms with E-state index in [-0.39, 0.29) is 5.92 Å². The maximum Gasteiger partial charge on any atom is 0.416 e. The van der Waals surface area contributed by atoms with Crippen molar-refractivity contribution < 1.29 is 13.2 Å². The molecule has 0 radical (unpaired) electrons. The number of hydrogen-bond acceptors (Lipinski definition) is 4. The van der Waals surface area contributed by atoms with Gasteiger partial charge in [-0.2, -0.15) is 13.2 Å². The van der Waals surface area contributed by atoms with Gasteiger partial charge in [0.2, 0.25) is 0 Å². The van der Waals surface area contributed by atoms with Gasteiger partial charge in [-0.15, -0.1) is 0 Å². The molecular formula is C22H21F3N4. The number of likely N-dealkylation sites (tertiary alicyclic amines) is 1. The van der Waals surface area contributed by atoms with Crippen LogP contribution < -0.4 is 0 Å². The Morgan fingerprint density at radius 1 is 1.03 bits per heavy atom. The number of benzene rings is 1. The van der Waals surface area contributed by atoms with Crippen LogP contribution in [0, 0.1) is 0 Å². The lowest BCUT2D eigenvalue weighted by atomic mass is 9.94. The van der Waals surface area contributed by atoms with Gasteiger partial charge in [0.15, 0.2) is 0 Å². The van der Waals surface area contributed by atoms with Crippen molar-refractivity contribution in [1.29, 1.82) is 0 Å². The van der Waals surface area contributed by atoms with Gasteiger partial charge in [0, 0.05) is 43.2 Å². The first-order valence-electron chi connectivity index (χ1n) is 9.60. The maximum atomic E-state index is 13.0. The van der Waals surface area contributed by atoms with E-state index in [0.29, 0.717) is 11.3 Å². The molecule has 0 amide bonds. The molecule has 1 aliphatic heterocycles. The molecule has 0 saturated carbocycles. The zero-order chi connectivity index (χ0) is 20.3. The summed E-state index contributed by atoms with van der Waals surface area (Å²) in [5, 5.41) is 0. The fourth-order valence-corrected chi connectivity index (χ4v) is 3.76. The van der Waals surface area contributed by atoms with Gasteiger partial charge in [0.05, 0.1) is 23.1 Å². The van der Waals surface area contributed by atoms with Gasteiger partial charge in [-0.25, -0.2) is 4.98 Å². The Balaban J connectivity index is 1.53. The molecule has 0 spiro atoms. The van der Waals surface area contributed by atoms with Crippen LogP contribution in [0.2, 0.25) is 0 Å². The van der Waals surface area contributed by atoms with E-state index in [1.54, 1.807) is 24.7 Å². The van der Waals surface area contributed by atoms with Crippen LogP contribution in [0.3, 0.4) is 0 Å². The molecule has 4 nitrogen and oxygen atoms in total. The first kappa shape index (κ1) is 19.5. The molecule has 0 N–H and O–H groups in total. The molecule has 1 fully saturated rings. The van der Waals surface area contributed by atoms with E-state index < -0.39 is 11.7 Å². The van der Waals surface area contributed by atoms with Crippen LogP contribution in [0.25, 0.3) is 11.3 Å². The number of pyridine rings is 1. The van der Waals surface area contributed by atoms with Gasteiger partial charge in [-0.1, -0.05) is 12.1 Å². The van der Waals surface area contributed by atoms with Crippen LogP contribution in [0.5, 0.6) is 0 Å². The lowest BCUT2D eigenvalue weighted by Gasteiger charge is -2.32. The average molecular weight is 398 g/mol. The Morgan fingerprint density at radius 3 is 2.66 bits per heavy atom. The number of alkyl halides is 3. The van der Waals surface area contributed by atoms with Crippen molar-refractivity contribution in [3.05, 3.63) is 78.0 Å². The van der Waals surface area contributed by atoms with E-state index in [4.69, 9.17) is 0 Å². The van der Waals surface area contributed by atoms with Crippen molar-refractivity contribution in [2.45, 2.75) is 31.5 Å². The number of aromatic nitrogens is 3. The molecule has 29 heavy (non-hydrogen) atoms. The van der Waals surface area contributed by atoms with Crippen molar-refractivity contribution in [1.82, 2.24) is 19.9 Å². The van der Waals surface area contributed by atoms with Gasteiger partial charge in [-0.05, 0) is 49.2 Å². The van der Waals surface area contributed by atoms with E-state index in [1.807, 2.05) is 12.1 Å². The van der Waals surface area contributed by atoms with Crippen LogP contribution >= 0.6 is 0 Å². The van der Waals surface area contributed by atoms with Gasteiger partial charge in [-0.3, -0.25) is 14.9 Å². The SMILES string of the molecule is FC(F)(F)c1cccc(-c2cncc(C3CCCN(Cc4ccncc4)C3)n2)c1. The molecule has 3 heterocycles. The summed E-state index contributed by atoms with van der Waals surface area (Å²) in [6.07, 6.45) is 4.51. The Bertz CT molecular complexity index is 960. The van der Waals surface area contributed by atoms with E-state index in [1.165, 1.54) is 17.8 Å². The second kappa shape index (κ2) is 8.29. The Labute approximate surface area is 167 Å². The highest BCUT2D eigenvalue weighted by Crippen LogP contribution is 2.32. The van der Waals surface area contributed by atoms with Gasteiger partial charge < -0.3 is 0 Å². The first-order chi connectivity index (χ1) is 14.0. The Kier molecular flexibility index (Phi) is 5.58. The molecule has 1 aromatic carbocycles. The van der Waals surface area contributed by atoms with E-state index in [0.717, 1.165) is 50.3 Å². The molecule has 4 rings (SSSR count). The summed E-state index contributed by atoms with van der Waals surface area (Å²) in [5.41, 5.74) is 2.27. The number of piperidine rings is 1. The monoisotopic (exact) mass is 398 g/mol. The number of nitrogens with zero attached hydrogens (tertiary/aromatic N) is 4. The minimum atomic E-state index is -4.38. The highest BCUT2D eigenvalue weighted by Gasteiger charge is 2.30. The summed E-state index contributed by atoms with van der Waals surface area (Å²) in [4.78, 5) is 15.4. The Hall–Kier alpha value is -2.80. The number of hydrogen-bond donors (Lipinski definition) is 0. The largest absolute Gasteiger partial charge is 0.416 e. The van der Waals surface area contributed by atoms with Crippen molar-refractivity contribution in [3.8, 4) is 11.3 Å². The maximum absolute atomic E-state index is 13.0. The van der Waals surface area contributed by atoms with Crippen molar-refractivity contribution >= 4 is 0 Å². The average Bonchev–Trinajstić information content (AvgIpc) is 2.74. The smallest absolute Gasteiger partial charge is 0.298 e. The molecule has 7 heteroatoms. The summed E-state index contributed by atoms with van der Waals surface area (Å²) in [5.74, 6) is 0.212. The van der Waals surface area contributed by atoms with Gasteiger partial charge in [0.25, 0.3) is 0 Å². The summed E-state index contributed by atoms with van der Waals surface area (Å²) >= 11 is 0. The molecule has 1 unspecified atom stereocenters. The molecular weight excluding hydrogens is 377 g/mol. The Morgan fingerprint density at radius 2 is 1.86 bits per heavy atom. The summed E-state index contributed by atoms with van der Waals surface area (Å²) in [6.45, 7) is 2.71. The normalized spacial score (nSPS) is 18.0. The van der Waals surface area contributed by atoms with Crippen molar-refractivity contribution in [2.24, 2.45) is 0 Å². The van der Waals surface area contributed by atoms with Crippen molar-refractivity contribution in [2.75, 3.05) is 13.1 Å². The second-order valence-electron chi connectivity index (χ2n) is 7.34. The molecule has 3 aromatic rings. The third kappa shape index (κ3) is 4.79. The van der Waals surface area contributed by atoms with Crippen LogP contribution in [0.4, 0.5) is 13.2 Å². The van der Waals surface area contributed by atoms with Crippen LogP contribution in [0.15, 0.2) is 61.2 Å². The molecule has 1 atom stereocenters. The molecule has 1 saturated heterocycles. The second-order valence-corrected chi connectivity index (χ2v) is 7.34. The zero-order valence-electron chi connectivity index (χ0n) is 15.8. The topological polar surface area (TPSA) is 41.9 Å². The predicted octanol–water partition coefficient (Wildman–Crippen LogP) is 4.94. The zero-order valence-corrected chi connectivity index (χ0v) is 15.8. The third-order valence-electron chi connectivity index (χ3n) is 5.22. The van der Waals surface area contributed by atoms with Crippen molar-refractivity contribution in [3.63, 3.8) is 0 Å². The minimum Gasteiger partial charge on any atom is -0.298 e. The number of halogens is 3. The molecule has 1 aliphatic rings. The summed E-state index contributed by atoms with van der Waals surface area (Å²) in [6, 6.07) is 9.27. The van der Waals surface area contributed by atoms with Crippen LogP contribution in [-0.4, -0.2) is 32.9 Å². The lowest BCUT2D eigenvalue weighted by Crippen LogP contribution is -2.34. The van der Waals surface area contributed by atoms with E-state index >= 15 is 0 Å².